The number of carbonyl (C=O) groups is 1. The van der Waals surface area contributed by atoms with Crippen LogP contribution in [0.1, 0.15) is 31.5 Å². The molecule has 0 spiro atoms. The highest BCUT2D eigenvalue weighted by Crippen LogP contribution is 2.26. The Kier molecular flexibility index (Phi) is 3.91. The van der Waals surface area contributed by atoms with E-state index in [1.165, 1.54) is 10.5 Å². The van der Waals surface area contributed by atoms with E-state index in [4.69, 9.17) is 5.11 Å². The largest absolute Gasteiger partial charge is 0.481 e. The summed E-state index contributed by atoms with van der Waals surface area (Å²) in [6.07, 6.45) is 3.30. The average molecular weight is 287 g/mol. The van der Waals surface area contributed by atoms with Gasteiger partial charge in [-0.2, -0.15) is 4.31 Å². The average Bonchev–Trinajstić information content (AvgIpc) is 2.76. The van der Waals surface area contributed by atoms with Crippen molar-refractivity contribution in [2.75, 3.05) is 6.54 Å². The Balaban J connectivity index is 2.28. The number of carboxylic acid groups (broad SMARTS) is 1. The predicted octanol–water partition coefficient (Wildman–Crippen LogP) is 0.736. The van der Waals surface area contributed by atoms with Gasteiger partial charge in [-0.05, 0) is 19.8 Å². The topological polar surface area (TPSA) is 103 Å². The molecule has 1 aliphatic heterocycles. The third kappa shape index (κ3) is 2.95. The fraction of sp³-hybridized carbons (Fsp3) is 0.636. The lowest BCUT2D eigenvalue weighted by Crippen LogP contribution is -2.44. The summed E-state index contributed by atoms with van der Waals surface area (Å²) in [5.41, 5.74) is 0. The van der Waals surface area contributed by atoms with Gasteiger partial charge < -0.3 is 10.1 Å². The lowest BCUT2D eigenvalue weighted by molar-refractivity contribution is -0.138. The third-order valence-corrected chi connectivity index (χ3v) is 5.11. The van der Waals surface area contributed by atoms with Gasteiger partial charge in [0.1, 0.15) is 5.82 Å². The van der Waals surface area contributed by atoms with Crippen LogP contribution in [-0.4, -0.2) is 46.4 Å². The number of nitrogens with zero attached hydrogens (tertiary/aromatic N) is 2. The number of aliphatic carboxylic acids is 1. The van der Waals surface area contributed by atoms with Gasteiger partial charge in [-0.25, -0.2) is 13.4 Å². The van der Waals surface area contributed by atoms with E-state index in [1.807, 2.05) is 0 Å². The minimum absolute atomic E-state index is 0.0299. The normalized spacial score (nSPS) is 21.4. The number of imidazole rings is 1. The van der Waals surface area contributed by atoms with E-state index in [9.17, 15) is 13.2 Å². The molecule has 0 aromatic carbocycles. The van der Waals surface area contributed by atoms with Gasteiger partial charge in [-0.1, -0.05) is 6.42 Å². The molecule has 19 heavy (non-hydrogen) atoms. The van der Waals surface area contributed by atoms with Crippen LogP contribution in [-0.2, 0) is 14.8 Å². The minimum Gasteiger partial charge on any atom is -0.481 e. The molecule has 1 unspecified atom stereocenters. The summed E-state index contributed by atoms with van der Waals surface area (Å²) in [4.78, 5) is 17.4. The summed E-state index contributed by atoms with van der Waals surface area (Å²) in [6.45, 7) is 2.03. The van der Waals surface area contributed by atoms with E-state index in [1.54, 1.807) is 6.92 Å². The first-order chi connectivity index (χ1) is 8.91. The van der Waals surface area contributed by atoms with Crippen LogP contribution in [0.5, 0.6) is 0 Å². The molecule has 7 nitrogen and oxygen atoms in total. The summed E-state index contributed by atoms with van der Waals surface area (Å²) in [5, 5.41) is 8.91. The maximum absolute atomic E-state index is 12.5. The van der Waals surface area contributed by atoms with Gasteiger partial charge >= 0.3 is 5.97 Å². The number of aryl methyl sites for hydroxylation is 1. The lowest BCUT2D eigenvalue weighted by Gasteiger charge is -2.33. The highest BCUT2D eigenvalue weighted by molar-refractivity contribution is 7.89. The molecule has 1 aromatic rings. The monoisotopic (exact) mass is 287 g/mol. The number of hydrogen-bond donors (Lipinski definition) is 2. The van der Waals surface area contributed by atoms with Crippen LogP contribution in [0.3, 0.4) is 0 Å². The van der Waals surface area contributed by atoms with Crippen LogP contribution in [0.15, 0.2) is 11.2 Å². The number of aromatic amines is 1. The minimum atomic E-state index is -3.68. The van der Waals surface area contributed by atoms with Crippen molar-refractivity contribution in [1.82, 2.24) is 14.3 Å². The first-order valence-electron chi connectivity index (χ1n) is 6.16. The Labute approximate surface area is 111 Å². The Morgan fingerprint density at radius 3 is 2.89 bits per heavy atom. The van der Waals surface area contributed by atoms with E-state index in [-0.39, 0.29) is 11.4 Å². The zero-order chi connectivity index (χ0) is 14.0. The van der Waals surface area contributed by atoms with E-state index >= 15 is 0 Å². The number of rotatable bonds is 4. The Hall–Kier alpha value is -1.41. The Morgan fingerprint density at radius 1 is 1.58 bits per heavy atom. The maximum atomic E-state index is 12.5. The van der Waals surface area contributed by atoms with Crippen LogP contribution >= 0.6 is 0 Å². The molecule has 0 radical (unpaired) electrons. The number of nitrogens with one attached hydrogen (secondary N) is 1. The SMILES string of the molecule is Cc1ncc(S(=O)(=O)N2CCCCC2CC(=O)O)[nH]1. The number of hydrogen-bond acceptors (Lipinski definition) is 4. The second-order valence-corrected chi connectivity index (χ2v) is 6.56. The molecule has 1 atom stereocenters. The Morgan fingerprint density at radius 2 is 2.32 bits per heavy atom. The summed E-state index contributed by atoms with van der Waals surface area (Å²) in [5.74, 6) is -0.460. The second kappa shape index (κ2) is 5.30. The van der Waals surface area contributed by atoms with Gasteiger partial charge in [0.05, 0.1) is 12.6 Å². The zero-order valence-corrected chi connectivity index (χ0v) is 11.5. The van der Waals surface area contributed by atoms with Crippen molar-refractivity contribution in [3.63, 3.8) is 0 Å². The molecule has 0 amide bonds. The van der Waals surface area contributed by atoms with Crippen molar-refractivity contribution in [3.8, 4) is 0 Å². The Bertz CT molecular complexity index is 566. The maximum Gasteiger partial charge on any atom is 0.304 e. The molecule has 106 valence electrons. The zero-order valence-electron chi connectivity index (χ0n) is 10.7. The van der Waals surface area contributed by atoms with Crippen LogP contribution in [0, 0.1) is 6.92 Å². The smallest absolute Gasteiger partial charge is 0.304 e. The van der Waals surface area contributed by atoms with Crippen molar-refractivity contribution in [2.45, 2.75) is 43.7 Å². The highest BCUT2D eigenvalue weighted by Gasteiger charge is 2.35. The van der Waals surface area contributed by atoms with Gasteiger partial charge in [0, 0.05) is 12.6 Å². The van der Waals surface area contributed by atoms with Crippen molar-refractivity contribution >= 4 is 16.0 Å². The van der Waals surface area contributed by atoms with E-state index in [0.29, 0.717) is 18.8 Å². The molecule has 2 heterocycles. The molecule has 0 saturated carbocycles. The summed E-state index contributed by atoms with van der Waals surface area (Å²) < 4.78 is 26.2. The first-order valence-corrected chi connectivity index (χ1v) is 7.60. The van der Waals surface area contributed by atoms with Crippen LogP contribution in [0.25, 0.3) is 0 Å². The quantitative estimate of drug-likeness (QED) is 0.850. The molecule has 2 rings (SSSR count). The second-order valence-electron chi connectivity index (χ2n) is 4.70. The summed E-state index contributed by atoms with van der Waals surface area (Å²) in [6, 6.07) is -0.472. The molecule has 0 bridgehead atoms. The molecule has 1 aliphatic rings. The lowest BCUT2D eigenvalue weighted by atomic mass is 10.0. The van der Waals surface area contributed by atoms with E-state index in [2.05, 4.69) is 9.97 Å². The highest BCUT2D eigenvalue weighted by atomic mass is 32.2. The molecule has 1 saturated heterocycles. The fourth-order valence-corrected chi connectivity index (χ4v) is 4.01. The molecular formula is C11H17N3O4S. The molecule has 8 heteroatoms. The molecule has 0 aliphatic carbocycles. The third-order valence-electron chi connectivity index (χ3n) is 3.25. The molecule has 2 N–H and O–H groups in total. The van der Waals surface area contributed by atoms with Gasteiger partial charge in [0.2, 0.25) is 0 Å². The van der Waals surface area contributed by atoms with Gasteiger partial charge in [-0.3, -0.25) is 4.79 Å². The number of aromatic nitrogens is 2. The number of piperidine rings is 1. The van der Waals surface area contributed by atoms with Crippen LogP contribution < -0.4 is 0 Å². The van der Waals surface area contributed by atoms with E-state index < -0.39 is 22.0 Å². The summed E-state index contributed by atoms with van der Waals surface area (Å²) in [7, 11) is -3.68. The molecular weight excluding hydrogens is 270 g/mol. The summed E-state index contributed by atoms with van der Waals surface area (Å²) >= 11 is 0. The van der Waals surface area contributed by atoms with Crippen molar-refractivity contribution in [2.24, 2.45) is 0 Å². The number of carboxylic acids is 1. The van der Waals surface area contributed by atoms with Gasteiger partial charge in [0.25, 0.3) is 10.0 Å². The van der Waals surface area contributed by atoms with Crippen molar-refractivity contribution in [1.29, 1.82) is 0 Å². The van der Waals surface area contributed by atoms with Crippen LogP contribution in [0.2, 0.25) is 0 Å². The van der Waals surface area contributed by atoms with Gasteiger partial charge in [0.15, 0.2) is 5.03 Å². The standard InChI is InChI=1S/C11H17N3O4S/c1-8-12-7-10(13-8)19(17,18)14-5-3-2-4-9(14)6-11(15)16/h7,9H,2-6H2,1H3,(H,12,13)(H,15,16). The number of sulfonamides is 1. The van der Waals surface area contributed by atoms with Crippen LogP contribution in [0.4, 0.5) is 0 Å². The fourth-order valence-electron chi connectivity index (χ4n) is 2.35. The number of H-pyrrole nitrogens is 1. The van der Waals surface area contributed by atoms with E-state index in [0.717, 1.165) is 12.8 Å². The first kappa shape index (κ1) is 14.0. The molecule has 1 aromatic heterocycles. The van der Waals surface area contributed by atoms with Crippen molar-refractivity contribution < 1.29 is 18.3 Å². The van der Waals surface area contributed by atoms with Crippen molar-refractivity contribution in [3.05, 3.63) is 12.0 Å². The predicted molar refractivity (Wildman–Crippen MR) is 67.1 cm³/mol. The van der Waals surface area contributed by atoms with Gasteiger partial charge in [-0.15, -0.1) is 0 Å². The molecule has 1 fully saturated rings.